The van der Waals surface area contributed by atoms with Gasteiger partial charge in [-0.25, -0.2) is 0 Å². The first kappa shape index (κ1) is 15.0. The van der Waals surface area contributed by atoms with Crippen LogP contribution < -0.4 is 5.73 Å². The molecule has 0 heterocycles. The molecule has 3 atom stereocenters. The van der Waals surface area contributed by atoms with E-state index in [1.165, 1.54) is 0 Å². The fourth-order valence-electron chi connectivity index (χ4n) is 2.90. The fraction of sp³-hybridized carbons (Fsp3) is 0.846. The molecule has 5 nitrogen and oxygen atoms in total. The summed E-state index contributed by atoms with van der Waals surface area (Å²) in [6.07, 6.45) is 2.94. The highest BCUT2D eigenvalue weighted by Gasteiger charge is 2.35. The zero-order chi connectivity index (χ0) is 13.7. The first-order valence-electron chi connectivity index (χ1n) is 6.73. The summed E-state index contributed by atoms with van der Waals surface area (Å²) in [6, 6.07) is -0.251. The van der Waals surface area contributed by atoms with Crippen LogP contribution in [0.5, 0.6) is 0 Å². The molecule has 0 aliphatic heterocycles. The van der Waals surface area contributed by atoms with Crippen LogP contribution in [-0.4, -0.2) is 41.0 Å². The Balaban J connectivity index is 2.69. The molecule has 1 saturated carbocycles. The minimum Gasteiger partial charge on any atom is -0.481 e. The Bertz CT molecular complexity index is 307. The van der Waals surface area contributed by atoms with Gasteiger partial charge in [-0.15, -0.1) is 0 Å². The van der Waals surface area contributed by atoms with Gasteiger partial charge >= 0.3 is 5.97 Å². The molecule has 3 N–H and O–H groups in total. The van der Waals surface area contributed by atoms with E-state index in [1.54, 1.807) is 11.8 Å². The molecule has 3 unspecified atom stereocenters. The van der Waals surface area contributed by atoms with Gasteiger partial charge in [0, 0.05) is 18.5 Å². The molecule has 18 heavy (non-hydrogen) atoms. The highest BCUT2D eigenvalue weighted by Crippen LogP contribution is 2.32. The average molecular weight is 256 g/mol. The molecule has 0 radical (unpaired) electrons. The van der Waals surface area contributed by atoms with Crippen LogP contribution in [-0.2, 0) is 9.59 Å². The lowest BCUT2D eigenvalue weighted by Crippen LogP contribution is -2.44. The third kappa shape index (κ3) is 3.45. The molecule has 1 fully saturated rings. The summed E-state index contributed by atoms with van der Waals surface area (Å²) in [4.78, 5) is 24.9. The molecule has 5 heteroatoms. The molecule has 0 aromatic carbocycles. The van der Waals surface area contributed by atoms with Crippen LogP contribution >= 0.6 is 0 Å². The van der Waals surface area contributed by atoms with Crippen molar-refractivity contribution in [2.75, 3.05) is 13.1 Å². The smallest absolute Gasteiger partial charge is 0.305 e. The standard InChI is InChI=1S/C13H24N2O3/c1-3-15(9(2)7-12(16)17)13(18)11-6-4-5-10(11)8-14/h9-11H,3-8,14H2,1-2H3,(H,16,17). The van der Waals surface area contributed by atoms with E-state index in [1.807, 2.05) is 6.92 Å². The van der Waals surface area contributed by atoms with Gasteiger partial charge in [-0.3, -0.25) is 9.59 Å². The SMILES string of the molecule is CCN(C(=O)C1CCCC1CN)C(C)CC(=O)O. The summed E-state index contributed by atoms with van der Waals surface area (Å²) in [5.74, 6) is -0.524. The number of nitrogens with zero attached hydrogens (tertiary/aromatic N) is 1. The van der Waals surface area contributed by atoms with Crippen LogP contribution in [0.3, 0.4) is 0 Å². The Hall–Kier alpha value is -1.10. The molecule has 0 saturated heterocycles. The Kier molecular flexibility index (Phi) is 5.59. The third-order valence-corrected chi connectivity index (χ3v) is 3.90. The molecule has 0 aromatic rings. The van der Waals surface area contributed by atoms with Gasteiger partial charge in [-0.05, 0) is 39.2 Å². The third-order valence-electron chi connectivity index (χ3n) is 3.90. The Morgan fingerprint density at radius 1 is 1.44 bits per heavy atom. The Morgan fingerprint density at radius 2 is 2.11 bits per heavy atom. The number of hydrogen-bond donors (Lipinski definition) is 2. The Morgan fingerprint density at radius 3 is 2.61 bits per heavy atom. The predicted molar refractivity (Wildman–Crippen MR) is 69.0 cm³/mol. The molecule has 104 valence electrons. The van der Waals surface area contributed by atoms with Gasteiger partial charge in [0.05, 0.1) is 6.42 Å². The number of carbonyl (C=O) groups excluding carboxylic acids is 1. The molecular formula is C13H24N2O3. The molecular weight excluding hydrogens is 232 g/mol. The first-order valence-corrected chi connectivity index (χ1v) is 6.73. The lowest BCUT2D eigenvalue weighted by molar-refractivity contribution is -0.142. The van der Waals surface area contributed by atoms with Crippen molar-refractivity contribution in [1.29, 1.82) is 0 Å². The van der Waals surface area contributed by atoms with Crippen molar-refractivity contribution in [3.63, 3.8) is 0 Å². The van der Waals surface area contributed by atoms with E-state index in [0.29, 0.717) is 13.1 Å². The number of carboxylic acid groups (broad SMARTS) is 1. The highest BCUT2D eigenvalue weighted by molar-refractivity contribution is 5.80. The number of nitrogens with two attached hydrogens (primary N) is 1. The van der Waals surface area contributed by atoms with Crippen molar-refractivity contribution in [2.45, 2.75) is 45.6 Å². The topological polar surface area (TPSA) is 83.6 Å². The maximum Gasteiger partial charge on any atom is 0.305 e. The van der Waals surface area contributed by atoms with Crippen LogP contribution in [0.4, 0.5) is 0 Å². The summed E-state index contributed by atoms with van der Waals surface area (Å²) < 4.78 is 0. The summed E-state index contributed by atoms with van der Waals surface area (Å²) in [6.45, 7) is 4.78. The number of carbonyl (C=O) groups is 2. The minimum absolute atomic E-state index is 0.000405. The second-order valence-electron chi connectivity index (χ2n) is 5.10. The quantitative estimate of drug-likeness (QED) is 0.744. The van der Waals surface area contributed by atoms with Crippen molar-refractivity contribution >= 4 is 11.9 Å². The van der Waals surface area contributed by atoms with Gasteiger partial charge < -0.3 is 15.7 Å². The summed E-state index contributed by atoms with van der Waals surface area (Å²) in [7, 11) is 0. The van der Waals surface area contributed by atoms with Crippen LogP contribution in [0.15, 0.2) is 0 Å². The van der Waals surface area contributed by atoms with Crippen LogP contribution in [0.25, 0.3) is 0 Å². The van der Waals surface area contributed by atoms with Crippen LogP contribution in [0.2, 0.25) is 0 Å². The van der Waals surface area contributed by atoms with Gasteiger partial charge in [-0.2, -0.15) is 0 Å². The van der Waals surface area contributed by atoms with E-state index < -0.39 is 5.97 Å². The number of amides is 1. The maximum atomic E-state index is 12.4. The van der Waals surface area contributed by atoms with Gasteiger partial charge in [0.2, 0.25) is 5.91 Å². The van der Waals surface area contributed by atoms with E-state index in [-0.39, 0.29) is 30.2 Å². The van der Waals surface area contributed by atoms with Gasteiger partial charge in [0.15, 0.2) is 0 Å². The molecule has 0 spiro atoms. The normalized spacial score (nSPS) is 24.8. The zero-order valence-corrected chi connectivity index (χ0v) is 11.3. The van der Waals surface area contributed by atoms with Crippen molar-refractivity contribution in [2.24, 2.45) is 17.6 Å². The summed E-state index contributed by atoms with van der Waals surface area (Å²) >= 11 is 0. The van der Waals surface area contributed by atoms with Crippen molar-refractivity contribution < 1.29 is 14.7 Å². The summed E-state index contributed by atoms with van der Waals surface area (Å²) in [5.41, 5.74) is 5.70. The average Bonchev–Trinajstić information content (AvgIpc) is 2.76. The largest absolute Gasteiger partial charge is 0.481 e. The predicted octanol–water partition coefficient (Wildman–Crippen LogP) is 1.07. The lowest BCUT2D eigenvalue weighted by atomic mass is 9.94. The lowest BCUT2D eigenvalue weighted by Gasteiger charge is -2.31. The number of hydrogen-bond acceptors (Lipinski definition) is 3. The van der Waals surface area contributed by atoms with E-state index in [2.05, 4.69) is 0 Å². The van der Waals surface area contributed by atoms with E-state index >= 15 is 0 Å². The fourth-order valence-corrected chi connectivity index (χ4v) is 2.90. The molecule has 0 bridgehead atoms. The number of rotatable bonds is 6. The van der Waals surface area contributed by atoms with E-state index in [0.717, 1.165) is 19.3 Å². The highest BCUT2D eigenvalue weighted by atomic mass is 16.4. The Labute approximate surface area is 108 Å². The van der Waals surface area contributed by atoms with Crippen molar-refractivity contribution in [3.8, 4) is 0 Å². The minimum atomic E-state index is -0.865. The second kappa shape index (κ2) is 6.73. The van der Waals surface area contributed by atoms with E-state index in [9.17, 15) is 9.59 Å². The van der Waals surface area contributed by atoms with Crippen LogP contribution in [0.1, 0.15) is 39.5 Å². The van der Waals surface area contributed by atoms with Gasteiger partial charge in [0.25, 0.3) is 0 Å². The van der Waals surface area contributed by atoms with E-state index in [4.69, 9.17) is 10.8 Å². The number of aliphatic carboxylic acids is 1. The maximum absolute atomic E-state index is 12.4. The van der Waals surface area contributed by atoms with Gasteiger partial charge in [-0.1, -0.05) is 6.42 Å². The summed E-state index contributed by atoms with van der Waals surface area (Å²) in [5, 5.41) is 8.82. The van der Waals surface area contributed by atoms with Crippen molar-refractivity contribution in [3.05, 3.63) is 0 Å². The second-order valence-corrected chi connectivity index (χ2v) is 5.10. The molecule has 1 aliphatic carbocycles. The molecule has 1 rings (SSSR count). The zero-order valence-electron chi connectivity index (χ0n) is 11.3. The van der Waals surface area contributed by atoms with Gasteiger partial charge in [0.1, 0.15) is 0 Å². The van der Waals surface area contributed by atoms with Crippen molar-refractivity contribution in [1.82, 2.24) is 4.90 Å². The monoisotopic (exact) mass is 256 g/mol. The van der Waals surface area contributed by atoms with Crippen LogP contribution in [0, 0.1) is 11.8 Å². The molecule has 1 aliphatic rings. The first-order chi connectivity index (χ1) is 8.51. The molecule has 0 aromatic heterocycles. The molecule has 1 amide bonds. The number of carboxylic acids is 1.